The minimum Gasteiger partial charge on any atom is -0.438 e. The topological polar surface area (TPSA) is 35.0 Å². The number of fused-ring (bicyclic) bond motifs is 1. The Morgan fingerprint density at radius 1 is 1.00 bits per heavy atom. The van der Waals surface area contributed by atoms with Crippen LogP contribution in [0.3, 0.4) is 0 Å². The second-order valence-corrected chi connectivity index (χ2v) is 5.63. The number of aromatic nitrogens is 2. The number of nitrogens with zero attached hydrogens (tertiary/aromatic N) is 2. The van der Waals surface area contributed by atoms with Crippen molar-refractivity contribution in [3.05, 3.63) is 59.5 Å². The number of hydrogen-bond acceptors (Lipinski definition) is 3. The number of benzene rings is 2. The van der Waals surface area contributed by atoms with Crippen LogP contribution in [0.25, 0.3) is 10.8 Å². The van der Waals surface area contributed by atoms with Gasteiger partial charge < -0.3 is 4.74 Å². The van der Waals surface area contributed by atoms with Crippen molar-refractivity contribution in [3.8, 4) is 11.6 Å². The Hall–Kier alpha value is -2.13. The maximum Gasteiger partial charge on any atom is 0.224 e. The molecule has 1 aliphatic carbocycles. The highest BCUT2D eigenvalue weighted by Crippen LogP contribution is 2.39. The van der Waals surface area contributed by atoms with Crippen LogP contribution in [-0.2, 0) is 0 Å². The summed E-state index contributed by atoms with van der Waals surface area (Å²) in [6.45, 7) is 0. The quantitative estimate of drug-likeness (QED) is 0.641. The van der Waals surface area contributed by atoms with Crippen molar-refractivity contribution in [2.24, 2.45) is 0 Å². The summed E-state index contributed by atoms with van der Waals surface area (Å²) >= 11 is 6.08. The molecule has 1 heterocycles. The maximum absolute atomic E-state index is 6.08. The largest absolute Gasteiger partial charge is 0.438 e. The third-order valence-electron chi connectivity index (χ3n) is 3.60. The highest BCUT2D eigenvalue weighted by Gasteiger charge is 2.27. The molecule has 0 aliphatic heterocycles. The van der Waals surface area contributed by atoms with Crippen LogP contribution in [0, 0.1) is 0 Å². The highest BCUT2D eigenvalue weighted by atomic mass is 35.5. The lowest BCUT2D eigenvalue weighted by molar-refractivity contribution is 0.463. The summed E-state index contributed by atoms with van der Waals surface area (Å²) in [5, 5.41) is 2.63. The van der Waals surface area contributed by atoms with Gasteiger partial charge in [0.25, 0.3) is 0 Å². The minimum absolute atomic E-state index is 0.433. The molecular weight excluding hydrogens is 284 g/mol. The van der Waals surface area contributed by atoms with Crippen molar-refractivity contribution in [1.82, 2.24) is 9.97 Å². The normalized spacial score (nSPS) is 14.3. The van der Waals surface area contributed by atoms with Crippen LogP contribution in [0.5, 0.6) is 11.6 Å². The van der Waals surface area contributed by atoms with Crippen LogP contribution in [-0.4, -0.2) is 9.97 Å². The van der Waals surface area contributed by atoms with E-state index in [1.165, 1.54) is 0 Å². The molecule has 0 radical (unpaired) electrons. The molecule has 0 unspecified atom stereocenters. The molecule has 21 heavy (non-hydrogen) atoms. The average molecular weight is 297 g/mol. The van der Waals surface area contributed by atoms with Crippen LogP contribution in [0.15, 0.2) is 48.5 Å². The van der Waals surface area contributed by atoms with Crippen LogP contribution in [0.2, 0.25) is 5.15 Å². The van der Waals surface area contributed by atoms with Crippen LogP contribution in [0.4, 0.5) is 0 Å². The molecule has 2 aromatic carbocycles. The predicted octanol–water partition coefficient (Wildman–Crippen LogP) is 4.95. The van der Waals surface area contributed by atoms with Crippen molar-refractivity contribution in [1.29, 1.82) is 0 Å². The fourth-order valence-electron chi connectivity index (χ4n) is 2.39. The van der Waals surface area contributed by atoms with E-state index in [1.807, 2.05) is 30.3 Å². The molecule has 3 nitrogen and oxygen atoms in total. The summed E-state index contributed by atoms with van der Waals surface area (Å²) in [4.78, 5) is 8.75. The van der Waals surface area contributed by atoms with E-state index in [1.54, 1.807) is 6.07 Å². The number of rotatable bonds is 3. The van der Waals surface area contributed by atoms with Gasteiger partial charge in [-0.05, 0) is 24.3 Å². The first-order valence-corrected chi connectivity index (χ1v) is 7.37. The zero-order chi connectivity index (χ0) is 14.2. The van der Waals surface area contributed by atoms with E-state index in [2.05, 4.69) is 22.1 Å². The van der Waals surface area contributed by atoms with Crippen molar-refractivity contribution in [2.75, 3.05) is 0 Å². The van der Waals surface area contributed by atoms with E-state index >= 15 is 0 Å². The summed E-state index contributed by atoms with van der Waals surface area (Å²) in [7, 11) is 0. The number of halogens is 1. The lowest BCUT2D eigenvalue weighted by atomic mass is 10.1. The lowest BCUT2D eigenvalue weighted by Gasteiger charge is -2.09. The van der Waals surface area contributed by atoms with Crippen LogP contribution < -0.4 is 4.74 Å². The minimum atomic E-state index is 0.433. The molecule has 0 atom stereocenters. The van der Waals surface area contributed by atoms with Gasteiger partial charge in [-0.1, -0.05) is 48.0 Å². The first-order chi connectivity index (χ1) is 10.3. The van der Waals surface area contributed by atoms with Crippen molar-refractivity contribution >= 4 is 22.4 Å². The fourth-order valence-corrected chi connectivity index (χ4v) is 2.57. The predicted molar refractivity (Wildman–Crippen MR) is 83.0 cm³/mol. The van der Waals surface area contributed by atoms with E-state index in [0.717, 1.165) is 35.2 Å². The third-order valence-corrected chi connectivity index (χ3v) is 3.79. The van der Waals surface area contributed by atoms with Gasteiger partial charge in [-0.2, -0.15) is 4.98 Å². The van der Waals surface area contributed by atoms with Gasteiger partial charge in [-0.15, -0.1) is 0 Å². The third kappa shape index (κ3) is 2.57. The molecular formula is C17H13ClN2O. The van der Waals surface area contributed by atoms with Gasteiger partial charge in [0.1, 0.15) is 16.7 Å². The summed E-state index contributed by atoms with van der Waals surface area (Å²) in [6.07, 6.45) is 2.27. The SMILES string of the molecule is Clc1cc(Oc2cccc3ccccc23)nc(C2CC2)n1. The second kappa shape index (κ2) is 5.01. The molecule has 1 fully saturated rings. The van der Waals surface area contributed by atoms with E-state index < -0.39 is 0 Å². The molecule has 1 aliphatic rings. The van der Waals surface area contributed by atoms with Gasteiger partial charge in [0.2, 0.25) is 5.88 Å². The number of hydrogen-bond donors (Lipinski definition) is 0. The van der Waals surface area contributed by atoms with Crippen molar-refractivity contribution in [2.45, 2.75) is 18.8 Å². The standard InChI is InChI=1S/C17H13ClN2O/c18-15-10-16(20-17(19-15)12-8-9-12)21-14-7-3-5-11-4-1-2-6-13(11)14/h1-7,10,12H,8-9H2. The Morgan fingerprint density at radius 2 is 1.81 bits per heavy atom. The smallest absolute Gasteiger partial charge is 0.224 e. The van der Waals surface area contributed by atoms with Gasteiger partial charge in [-0.25, -0.2) is 4.98 Å². The molecule has 3 aromatic rings. The van der Waals surface area contributed by atoms with Crippen LogP contribution in [0.1, 0.15) is 24.6 Å². The van der Waals surface area contributed by atoms with E-state index in [4.69, 9.17) is 16.3 Å². The monoisotopic (exact) mass is 296 g/mol. The van der Waals surface area contributed by atoms with E-state index in [-0.39, 0.29) is 0 Å². The lowest BCUT2D eigenvalue weighted by Crippen LogP contribution is -1.96. The first-order valence-electron chi connectivity index (χ1n) is 7.00. The first kappa shape index (κ1) is 12.6. The van der Waals surface area contributed by atoms with Gasteiger partial charge in [0.15, 0.2) is 0 Å². The molecule has 4 rings (SSSR count). The zero-order valence-corrected chi connectivity index (χ0v) is 12.0. The summed E-state index contributed by atoms with van der Waals surface area (Å²) in [6, 6.07) is 15.7. The van der Waals surface area contributed by atoms with Crippen LogP contribution >= 0.6 is 11.6 Å². The molecule has 0 saturated heterocycles. The van der Waals surface area contributed by atoms with E-state index in [0.29, 0.717) is 17.0 Å². The Kier molecular flexibility index (Phi) is 3.00. The van der Waals surface area contributed by atoms with E-state index in [9.17, 15) is 0 Å². The highest BCUT2D eigenvalue weighted by molar-refractivity contribution is 6.29. The number of ether oxygens (including phenoxy) is 1. The van der Waals surface area contributed by atoms with Gasteiger partial charge in [-0.3, -0.25) is 0 Å². The Balaban J connectivity index is 1.74. The molecule has 0 bridgehead atoms. The second-order valence-electron chi connectivity index (χ2n) is 5.24. The zero-order valence-electron chi connectivity index (χ0n) is 11.3. The molecule has 4 heteroatoms. The summed E-state index contributed by atoms with van der Waals surface area (Å²) in [5.74, 6) is 2.52. The fraction of sp³-hybridized carbons (Fsp3) is 0.176. The molecule has 0 spiro atoms. The average Bonchev–Trinajstić information content (AvgIpc) is 3.32. The van der Waals surface area contributed by atoms with Crippen molar-refractivity contribution in [3.63, 3.8) is 0 Å². The molecule has 104 valence electrons. The van der Waals surface area contributed by atoms with Crippen molar-refractivity contribution < 1.29 is 4.74 Å². The Bertz CT molecular complexity index is 809. The maximum atomic E-state index is 6.08. The molecule has 1 saturated carbocycles. The Labute approximate surface area is 127 Å². The molecule has 0 amide bonds. The molecule has 0 N–H and O–H groups in total. The summed E-state index contributed by atoms with van der Waals surface area (Å²) in [5.41, 5.74) is 0. The molecule has 1 aromatic heterocycles. The van der Waals surface area contributed by atoms with Gasteiger partial charge >= 0.3 is 0 Å². The van der Waals surface area contributed by atoms with Gasteiger partial charge in [0.05, 0.1) is 0 Å². The summed E-state index contributed by atoms with van der Waals surface area (Å²) < 4.78 is 5.96. The van der Waals surface area contributed by atoms with Gasteiger partial charge in [0, 0.05) is 17.4 Å². The Morgan fingerprint density at radius 3 is 2.67 bits per heavy atom.